The summed E-state index contributed by atoms with van der Waals surface area (Å²) in [4.78, 5) is 15.9. The second-order valence-electron chi connectivity index (χ2n) is 6.32. The number of carboxylic acid groups (broad SMARTS) is 1. The molecule has 0 N–H and O–H groups in total. The van der Waals surface area contributed by atoms with Gasteiger partial charge in [0.1, 0.15) is 5.01 Å². The van der Waals surface area contributed by atoms with E-state index in [4.69, 9.17) is 9.47 Å². The molecule has 0 unspecified atom stereocenters. The number of rotatable bonds is 9. The lowest BCUT2D eigenvalue weighted by Crippen LogP contribution is -2.22. The average Bonchev–Trinajstić information content (AvgIpc) is 3.12. The first-order valence-electron chi connectivity index (χ1n) is 9.18. The third-order valence-corrected chi connectivity index (χ3v) is 5.30. The molecular weight excluding hydrogens is 374 g/mol. The maximum Gasteiger partial charge on any atom is 0.161 e. The molecule has 1 aromatic heterocycles. The van der Waals surface area contributed by atoms with E-state index < -0.39 is 5.97 Å². The maximum atomic E-state index is 11.3. The summed E-state index contributed by atoms with van der Waals surface area (Å²) in [6.45, 7) is 2.70. The lowest BCUT2D eigenvalue weighted by atomic mass is 10.1. The lowest BCUT2D eigenvalue weighted by molar-refractivity contribution is -0.304. The molecule has 3 rings (SSSR count). The number of benzene rings is 2. The topological polar surface area (TPSA) is 71.5 Å². The summed E-state index contributed by atoms with van der Waals surface area (Å²) in [5.74, 6) is 0.148. The van der Waals surface area contributed by atoms with Gasteiger partial charge >= 0.3 is 0 Å². The van der Waals surface area contributed by atoms with Crippen LogP contribution < -0.4 is 14.6 Å². The number of hydrogen-bond acceptors (Lipinski definition) is 6. The third-order valence-electron chi connectivity index (χ3n) is 4.19. The Labute approximate surface area is 168 Å². The van der Waals surface area contributed by atoms with Gasteiger partial charge in [-0.15, -0.1) is 11.3 Å². The van der Waals surface area contributed by atoms with Gasteiger partial charge in [0.2, 0.25) is 0 Å². The van der Waals surface area contributed by atoms with Crippen LogP contribution in [-0.2, 0) is 4.79 Å². The summed E-state index contributed by atoms with van der Waals surface area (Å²) in [7, 11) is 1.60. The summed E-state index contributed by atoms with van der Waals surface area (Å²) in [6.07, 6.45) is 3.59. The number of aliphatic carboxylic acids is 1. The standard InChI is InChI=1S/C22H23NO4S/c1-3-4-11-27-19-13-15(9-10-18(19)26-2)12-16(14-21(24)25)22-23-17-7-5-6-8-20(17)28-22/h5-10,12-13H,3-4,11,14H2,1-2H3,(H,24,25)/p-1/b16-12+. The fourth-order valence-corrected chi connectivity index (χ4v) is 3.76. The molecule has 0 saturated heterocycles. The van der Waals surface area contributed by atoms with Crippen molar-refractivity contribution in [3.8, 4) is 11.5 Å². The van der Waals surface area contributed by atoms with Crippen LogP contribution in [0.2, 0.25) is 0 Å². The molecule has 146 valence electrons. The molecule has 28 heavy (non-hydrogen) atoms. The van der Waals surface area contributed by atoms with Gasteiger partial charge in [0.15, 0.2) is 11.5 Å². The number of carbonyl (C=O) groups excluding carboxylic acids is 1. The number of fused-ring (bicyclic) bond motifs is 1. The molecule has 0 saturated carbocycles. The predicted molar refractivity (Wildman–Crippen MR) is 111 cm³/mol. The first-order valence-corrected chi connectivity index (χ1v) is 9.99. The van der Waals surface area contributed by atoms with Crippen molar-refractivity contribution in [2.45, 2.75) is 26.2 Å². The highest BCUT2D eigenvalue weighted by Crippen LogP contribution is 2.33. The third kappa shape index (κ3) is 4.89. The van der Waals surface area contributed by atoms with Gasteiger partial charge in [0, 0.05) is 12.4 Å². The highest BCUT2D eigenvalue weighted by Gasteiger charge is 2.11. The second kappa shape index (κ2) is 9.37. The van der Waals surface area contributed by atoms with Crippen LogP contribution in [0.25, 0.3) is 21.9 Å². The minimum absolute atomic E-state index is 0.210. The zero-order valence-corrected chi connectivity index (χ0v) is 16.8. The Morgan fingerprint density at radius 3 is 2.75 bits per heavy atom. The number of methoxy groups -OCH3 is 1. The Morgan fingerprint density at radius 2 is 2.04 bits per heavy atom. The van der Waals surface area contributed by atoms with Gasteiger partial charge in [-0.05, 0) is 47.9 Å². The number of hydrogen-bond donors (Lipinski definition) is 0. The maximum absolute atomic E-state index is 11.3. The first kappa shape index (κ1) is 19.9. The number of thiazole rings is 1. The van der Waals surface area contributed by atoms with Crippen LogP contribution in [0.3, 0.4) is 0 Å². The molecule has 0 bridgehead atoms. The smallest absolute Gasteiger partial charge is 0.161 e. The lowest BCUT2D eigenvalue weighted by Gasteiger charge is -2.12. The summed E-state index contributed by atoms with van der Waals surface area (Å²) >= 11 is 1.47. The summed E-state index contributed by atoms with van der Waals surface area (Å²) in [6, 6.07) is 13.3. The molecule has 0 amide bonds. The van der Waals surface area contributed by atoms with Crippen LogP contribution in [0, 0.1) is 0 Å². The van der Waals surface area contributed by atoms with Crippen LogP contribution in [0.5, 0.6) is 11.5 Å². The van der Waals surface area contributed by atoms with E-state index in [0.29, 0.717) is 28.7 Å². The van der Waals surface area contributed by atoms with E-state index >= 15 is 0 Å². The van der Waals surface area contributed by atoms with Gasteiger partial charge in [0.05, 0.1) is 23.9 Å². The molecule has 3 aromatic rings. The molecule has 0 aliphatic carbocycles. The number of unbranched alkanes of at least 4 members (excludes halogenated alkanes) is 1. The van der Waals surface area contributed by atoms with Crippen LogP contribution in [0.1, 0.15) is 36.8 Å². The van der Waals surface area contributed by atoms with E-state index in [2.05, 4.69) is 11.9 Å². The SMILES string of the molecule is CCCCOc1cc(/C=C(\CC(=O)[O-])c2nc3ccccc3s2)ccc1OC. The second-order valence-corrected chi connectivity index (χ2v) is 7.35. The predicted octanol–water partition coefficient (Wildman–Crippen LogP) is 4.16. The zero-order valence-electron chi connectivity index (χ0n) is 15.9. The fourth-order valence-electron chi connectivity index (χ4n) is 2.78. The zero-order chi connectivity index (χ0) is 19.9. The van der Waals surface area contributed by atoms with Gasteiger partial charge in [-0.2, -0.15) is 0 Å². The van der Waals surface area contributed by atoms with Crippen molar-refractivity contribution in [1.82, 2.24) is 4.98 Å². The Hall–Kier alpha value is -2.86. The van der Waals surface area contributed by atoms with E-state index in [1.807, 2.05) is 48.5 Å². The van der Waals surface area contributed by atoms with Crippen molar-refractivity contribution in [2.24, 2.45) is 0 Å². The molecule has 2 aromatic carbocycles. The average molecular weight is 396 g/mol. The van der Waals surface area contributed by atoms with Crippen molar-refractivity contribution in [1.29, 1.82) is 0 Å². The normalized spacial score (nSPS) is 11.6. The monoisotopic (exact) mass is 396 g/mol. The van der Waals surface area contributed by atoms with Crippen LogP contribution in [0.4, 0.5) is 0 Å². The highest BCUT2D eigenvalue weighted by atomic mass is 32.1. The van der Waals surface area contributed by atoms with Gasteiger partial charge in [0.25, 0.3) is 0 Å². The van der Waals surface area contributed by atoms with Gasteiger partial charge < -0.3 is 19.4 Å². The van der Waals surface area contributed by atoms with E-state index in [-0.39, 0.29) is 6.42 Å². The minimum Gasteiger partial charge on any atom is -0.550 e. The molecule has 0 aliphatic rings. The molecule has 0 aliphatic heterocycles. The molecular formula is C22H22NO4S-. The molecule has 0 spiro atoms. The van der Waals surface area contributed by atoms with Gasteiger partial charge in [-0.1, -0.05) is 31.5 Å². The van der Waals surface area contributed by atoms with Crippen LogP contribution in [-0.4, -0.2) is 24.7 Å². The molecule has 1 heterocycles. The quantitative estimate of drug-likeness (QED) is 0.508. The van der Waals surface area contributed by atoms with E-state index in [9.17, 15) is 9.90 Å². The van der Waals surface area contributed by atoms with Crippen LogP contribution in [0.15, 0.2) is 42.5 Å². The van der Waals surface area contributed by atoms with Crippen molar-refractivity contribution in [2.75, 3.05) is 13.7 Å². The fraction of sp³-hybridized carbons (Fsp3) is 0.273. The van der Waals surface area contributed by atoms with Crippen molar-refractivity contribution in [3.05, 3.63) is 53.0 Å². The number of nitrogens with zero attached hydrogens (tertiary/aromatic N) is 1. The highest BCUT2D eigenvalue weighted by molar-refractivity contribution is 7.19. The van der Waals surface area contributed by atoms with Crippen molar-refractivity contribution in [3.63, 3.8) is 0 Å². The van der Waals surface area contributed by atoms with E-state index in [1.54, 1.807) is 7.11 Å². The summed E-state index contributed by atoms with van der Waals surface area (Å²) in [5, 5.41) is 12.0. The van der Waals surface area contributed by atoms with Crippen molar-refractivity contribution >= 4 is 39.2 Å². The van der Waals surface area contributed by atoms with E-state index in [1.165, 1.54) is 11.3 Å². The van der Waals surface area contributed by atoms with Gasteiger partial charge in [-0.3, -0.25) is 0 Å². The Kier molecular flexibility index (Phi) is 6.66. The number of ether oxygens (including phenoxy) is 2. The molecule has 0 radical (unpaired) electrons. The van der Waals surface area contributed by atoms with E-state index in [0.717, 1.165) is 28.6 Å². The molecule has 5 nitrogen and oxygen atoms in total. The van der Waals surface area contributed by atoms with Crippen LogP contribution >= 0.6 is 11.3 Å². The van der Waals surface area contributed by atoms with Gasteiger partial charge in [-0.25, -0.2) is 4.98 Å². The summed E-state index contributed by atoms with van der Waals surface area (Å²) < 4.78 is 12.2. The largest absolute Gasteiger partial charge is 0.550 e. The molecule has 0 atom stereocenters. The molecule has 0 fully saturated rings. The Morgan fingerprint density at radius 1 is 1.21 bits per heavy atom. The number of para-hydroxylation sites is 1. The number of carbonyl (C=O) groups is 1. The Balaban J connectivity index is 1.97. The Bertz CT molecular complexity index is 960. The minimum atomic E-state index is -1.14. The first-order chi connectivity index (χ1) is 13.6. The van der Waals surface area contributed by atoms with Crippen molar-refractivity contribution < 1.29 is 19.4 Å². The number of carboxylic acids is 1. The summed E-state index contributed by atoms with van der Waals surface area (Å²) in [5.41, 5.74) is 2.28. The number of aromatic nitrogens is 1. The molecule has 6 heteroatoms.